The Kier molecular flexibility index (Phi) is 51.0. The highest BCUT2D eigenvalue weighted by Crippen LogP contribution is 2.23. The molecule has 514 valence electrons. The Bertz CT molecular complexity index is 1680. The number of carbonyl (C=O) groups is 4. The summed E-state index contributed by atoms with van der Waals surface area (Å²) in [6.07, 6.45) is 20.4. The average molecular weight is 1320 g/mol. The number of likely N-dealkylation sites (tertiary alicyclic amines) is 2. The molecule has 3 atom stereocenters. The van der Waals surface area contributed by atoms with E-state index in [2.05, 4.69) is 97.6 Å². The van der Waals surface area contributed by atoms with Gasteiger partial charge in [-0.1, -0.05) is 57.7 Å². The number of likely N-dealkylation sites (N-methyl/N-ethyl adjacent to an activating group) is 1. The van der Waals surface area contributed by atoms with Crippen LogP contribution >= 0.6 is 23.5 Å². The first-order valence-electron chi connectivity index (χ1n) is 32.9. The fourth-order valence-electron chi connectivity index (χ4n) is 9.33. The van der Waals surface area contributed by atoms with Crippen molar-refractivity contribution in [1.29, 1.82) is 0 Å². The van der Waals surface area contributed by atoms with E-state index in [4.69, 9.17) is 23.7 Å². The zero-order valence-electron chi connectivity index (χ0n) is 56.7. The van der Waals surface area contributed by atoms with Crippen molar-refractivity contribution in [2.75, 3.05) is 221 Å². The molecule has 0 aromatic heterocycles. The van der Waals surface area contributed by atoms with Crippen molar-refractivity contribution < 1.29 is 55.5 Å². The van der Waals surface area contributed by atoms with Crippen molar-refractivity contribution in [1.82, 2.24) is 39.6 Å². The molecule has 12 rings (SSSR count). The second-order valence-electron chi connectivity index (χ2n) is 24.9. The third kappa shape index (κ3) is 49.9. The maximum Gasteiger partial charge on any atom is 0.288 e. The largest absolute Gasteiger partial charge is 0.381 e. The molecule has 12 aliphatic rings. The number of thioether (sulfide) groups is 2. The van der Waals surface area contributed by atoms with Crippen LogP contribution in [0.4, 0.5) is 4.79 Å². The van der Waals surface area contributed by atoms with Crippen molar-refractivity contribution in [2.45, 2.75) is 149 Å². The van der Waals surface area contributed by atoms with Gasteiger partial charge in [-0.2, -0.15) is 11.8 Å². The molecule has 3 amide bonds. The molecule has 0 radical (unpaired) electrons. The average Bonchev–Trinajstić information content (AvgIpc) is 4.41. The van der Waals surface area contributed by atoms with Gasteiger partial charge in [0.15, 0.2) is 15.6 Å². The van der Waals surface area contributed by atoms with Crippen LogP contribution in [0.5, 0.6) is 0 Å². The number of nitrogens with zero attached hydrogens (tertiary/aromatic N) is 7. The predicted molar refractivity (Wildman–Crippen MR) is 363 cm³/mol. The lowest BCUT2D eigenvalue weighted by Gasteiger charge is -2.21. The summed E-state index contributed by atoms with van der Waals surface area (Å²) in [5.41, 5.74) is 0. The van der Waals surface area contributed by atoms with Gasteiger partial charge in [-0.25, -0.2) is 8.42 Å². The van der Waals surface area contributed by atoms with Gasteiger partial charge in [-0.15, -0.1) is 0 Å². The zero-order chi connectivity index (χ0) is 64.7. The van der Waals surface area contributed by atoms with Gasteiger partial charge in [0, 0.05) is 113 Å². The normalized spacial score (nSPS) is 26.8. The van der Waals surface area contributed by atoms with E-state index in [1.54, 1.807) is 6.92 Å². The van der Waals surface area contributed by atoms with Crippen LogP contribution in [0.1, 0.15) is 131 Å². The van der Waals surface area contributed by atoms with Crippen LogP contribution in [0, 0.1) is 11.8 Å². The predicted octanol–water partition coefficient (Wildman–Crippen LogP) is 6.86. The number of morpholine rings is 1. The molecule has 0 spiro atoms. The van der Waals surface area contributed by atoms with Crippen molar-refractivity contribution in [3.8, 4) is 0 Å². The minimum absolute atomic E-state index is 0.00463. The number of hydrogen-bond acceptors (Lipinski definition) is 20. The monoisotopic (exact) mass is 1310 g/mol. The number of sulfone groups is 1. The smallest absolute Gasteiger partial charge is 0.288 e. The van der Waals surface area contributed by atoms with E-state index in [-0.39, 0.29) is 35.3 Å². The molecule has 20 nitrogen and oxygen atoms in total. The number of carbonyl (C=O) groups excluding carboxylic acids is 4. The van der Waals surface area contributed by atoms with Crippen LogP contribution in [0.2, 0.25) is 0 Å². The summed E-state index contributed by atoms with van der Waals surface area (Å²) in [6, 6.07) is -0.248. The lowest BCUT2D eigenvalue weighted by Crippen LogP contribution is -2.37. The molecular formula is C63H126N8O12S4. The molecule has 1 saturated carbocycles. The molecule has 87 heavy (non-hydrogen) atoms. The number of amides is 3. The molecule has 0 aromatic carbocycles. The molecule has 12 fully saturated rings. The summed E-state index contributed by atoms with van der Waals surface area (Å²) in [5.74, 6) is 7.10. The number of rotatable bonds is 0. The van der Waals surface area contributed by atoms with Crippen LogP contribution in [0.3, 0.4) is 0 Å². The van der Waals surface area contributed by atoms with Crippen molar-refractivity contribution in [3.05, 3.63) is 0 Å². The van der Waals surface area contributed by atoms with Gasteiger partial charge in [-0.3, -0.25) is 28.3 Å². The van der Waals surface area contributed by atoms with E-state index in [1.165, 1.54) is 148 Å². The summed E-state index contributed by atoms with van der Waals surface area (Å²) in [6.45, 7) is 31.0. The van der Waals surface area contributed by atoms with E-state index >= 15 is 0 Å². The number of ether oxygens (including phenoxy) is 5. The highest BCUT2D eigenvalue weighted by molar-refractivity contribution is 8.14. The maximum absolute atomic E-state index is 10.8. The van der Waals surface area contributed by atoms with E-state index in [1.807, 2.05) is 18.9 Å². The number of nitrogens with one attached hydrogen (secondary N) is 1. The lowest BCUT2D eigenvalue weighted by molar-refractivity contribution is -0.124. The van der Waals surface area contributed by atoms with Crippen molar-refractivity contribution >= 4 is 67.0 Å². The molecule has 1 aliphatic carbocycles. The first kappa shape index (κ1) is 83.7. The van der Waals surface area contributed by atoms with Gasteiger partial charge < -0.3 is 58.4 Å². The van der Waals surface area contributed by atoms with Crippen LogP contribution in [0.25, 0.3) is 0 Å². The van der Waals surface area contributed by atoms with Gasteiger partial charge in [-0.05, 0) is 159 Å². The van der Waals surface area contributed by atoms with Crippen molar-refractivity contribution in [2.24, 2.45) is 11.8 Å². The van der Waals surface area contributed by atoms with Gasteiger partial charge in [0.25, 0.3) is 5.24 Å². The Hall–Kier alpha value is -1.36. The molecule has 1 N–H and O–H groups in total. The molecule has 0 aromatic rings. The second-order valence-corrected chi connectivity index (χ2v) is 31.0. The summed E-state index contributed by atoms with van der Waals surface area (Å²) < 4.78 is 58.0. The standard InChI is InChI=1S/C6H13N.2C6H12O.C6H12.C5H11NO2S.C5H7NO2.C5H11NOS.C5H11NO.C5H11NS.C5H11N.C5H10O2.C4H5NO2S/c1-7-5-3-2-4-6-7;1-6-2-4-7-5-3-6;1-6-4-2-3-5-7-6;1-6-4-2-3-5-6;1-6-2-4-9(7,8)5-3-6;1-3-4(7)2-5(8)6-3;1-6-2-4-8(7)5-3-6;2*1-6-2-4-7-5-3-6;1-6-4-2-3-5-6;1-5-4-6-2-3-7-5;1-5-3(6)2-8-4(5)7/h2-6H2,1H3;2*6H,2-5H2,1H3;6H,2-5H2,1H3;2-5H2,1H3;3H,2H2,1H3,(H,6,8);2-5H2,1H3;2*2-5H2,1H3;2-5H2,1H3;5H,2-4H2,1H3;2H2,1H3. The summed E-state index contributed by atoms with van der Waals surface area (Å²) >= 11 is 3.11. The topological polar surface area (TPSA) is 200 Å². The third-order valence-corrected chi connectivity index (χ3v) is 20.8. The van der Waals surface area contributed by atoms with E-state index in [9.17, 15) is 31.8 Å². The van der Waals surface area contributed by atoms with Crippen LogP contribution in [-0.4, -0.2) is 309 Å². The van der Waals surface area contributed by atoms with Crippen LogP contribution in [-0.2, 0) is 58.7 Å². The van der Waals surface area contributed by atoms with Gasteiger partial charge >= 0.3 is 0 Å². The lowest BCUT2D eigenvalue weighted by atomic mass is 10.0. The third-order valence-electron chi connectivity index (χ3n) is 16.1. The van der Waals surface area contributed by atoms with E-state index in [0.717, 1.165) is 119 Å². The number of piperidine rings is 1. The fourth-order valence-corrected chi connectivity index (χ4v) is 13.8. The first-order chi connectivity index (χ1) is 41.5. The molecule has 24 heteroatoms. The Balaban J connectivity index is 0.000000475. The van der Waals surface area contributed by atoms with Crippen molar-refractivity contribution in [3.63, 3.8) is 0 Å². The second kappa shape index (κ2) is 53.1. The number of imide groups is 1. The van der Waals surface area contributed by atoms with Gasteiger partial charge in [0.1, 0.15) is 0 Å². The number of ketones is 1. The SMILES string of the molecule is CC1CCCC1.CC1CCCCO1.CC1CCOCC1.CC1COCCO1.CC1NC(=O)CC1=O.CN1C(=O)CSC1=O.CN1CCCC1.CN1CCCCC1.CN1CCOCC1.CN1CCS(=O)(=O)CC1.CN1CCS(=O)CC1.CN1CCSCC1. The minimum atomic E-state index is -2.66. The highest BCUT2D eigenvalue weighted by atomic mass is 32.2. The fraction of sp³-hybridized carbons (Fsp3) is 0.937. The first-order valence-corrected chi connectivity index (χ1v) is 38.4. The van der Waals surface area contributed by atoms with E-state index < -0.39 is 20.6 Å². The molecular weight excluding hydrogens is 1190 g/mol. The van der Waals surface area contributed by atoms with Gasteiger partial charge in [0.05, 0.1) is 75.0 Å². The van der Waals surface area contributed by atoms with Gasteiger partial charge in [0.2, 0.25) is 11.8 Å². The summed E-state index contributed by atoms with van der Waals surface area (Å²) in [4.78, 5) is 56.5. The minimum Gasteiger partial charge on any atom is -0.381 e. The molecule has 11 saturated heterocycles. The van der Waals surface area contributed by atoms with E-state index in [0.29, 0.717) is 42.6 Å². The summed E-state index contributed by atoms with van der Waals surface area (Å²) in [5, 5.41) is 2.33. The Morgan fingerprint density at radius 3 is 1.20 bits per heavy atom. The molecule has 11 heterocycles. The Morgan fingerprint density at radius 1 is 0.483 bits per heavy atom. The Labute approximate surface area is 541 Å². The van der Waals surface area contributed by atoms with Crippen LogP contribution < -0.4 is 5.32 Å². The number of hydrogen-bond donors (Lipinski definition) is 1. The number of Topliss-reactive ketones (excluding diaryl/α,β-unsaturated/α-hetero) is 1. The summed E-state index contributed by atoms with van der Waals surface area (Å²) in [7, 11) is 11.0. The van der Waals surface area contributed by atoms with Crippen LogP contribution in [0.15, 0.2) is 0 Å². The Morgan fingerprint density at radius 2 is 0.954 bits per heavy atom. The quantitative estimate of drug-likeness (QED) is 0.247. The highest BCUT2D eigenvalue weighted by Gasteiger charge is 2.26. The molecule has 11 aliphatic heterocycles. The zero-order valence-corrected chi connectivity index (χ0v) is 60.0. The maximum atomic E-state index is 10.8. The molecule has 3 unspecified atom stereocenters. The molecule has 0 bridgehead atoms.